The summed E-state index contributed by atoms with van der Waals surface area (Å²) in [5.74, 6) is 0.115. The first kappa shape index (κ1) is 17.6. The van der Waals surface area contributed by atoms with E-state index in [4.69, 9.17) is 0 Å². The number of piperazine rings is 1. The Labute approximate surface area is 152 Å². The molecule has 25 heavy (non-hydrogen) atoms. The lowest BCUT2D eigenvalue weighted by Crippen LogP contribution is -2.50. The van der Waals surface area contributed by atoms with Crippen LogP contribution in [0.2, 0.25) is 0 Å². The number of amides is 2. The molecular formula is C19H23N3O2S. The molecule has 2 aromatic rings. The van der Waals surface area contributed by atoms with Crippen LogP contribution in [0.4, 0.5) is 0 Å². The Balaban J connectivity index is 1.61. The first-order valence-electron chi connectivity index (χ1n) is 8.49. The van der Waals surface area contributed by atoms with E-state index in [1.165, 1.54) is 0 Å². The lowest BCUT2D eigenvalue weighted by atomic mass is 10.1. The van der Waals surface area contributed by atoms with Crippen LogP contribution in [-0.4, -0.2) is 54.3 Å². The molecule has 0 radical (unpaired) electrons. The van der Waals surface area contributed by atoms with Gasteiger partial charge in [-0.1, -0.05) is 36.4 Å². The van der Waals surface area contributed by atoms with Crippen molar-refractivity contribution in [2.24, 2.45) is 0 Å². The highest BCUT2D eigenvalue weighted by molar-refractivity contribution is 7.10. The average Bonchev–Trinajstić information content (AvgIpc) is 3.15. The van der Waals surface area contributed by atoms with E-state index in [1.54, 1.807) is 18.3 Å². The summed E-state index contributed by atoms with van der Waals surface area (Å²) in [7, 11) is 0. The predicted octanol–water partition coefficient (Wildman–Crippen LogP) is 2.12. The van der Waals surface area contributed by atoms with E-state index in [0.717, 1.165) is 23.5 Å². The number of hydrogen-bond acceptors (Lipinski definition) is 4. The molecule has 1 N–H and O–H groups in total. The molecule has 0 saturated carbocycles. The summed E-state index contributed by atoms with van der Waals surface area (Å²) in [5.41, 5.74) is 1.08. The molecule has 2 heterocycles. The molecule has 1 unspecified atom stereocenters. The van der Waals surface area contributed by atoms with Crippen LogP contribution in [0.1, 0.15) is 23.4 Å². The lowest BCUT2D eigenvalue weighted by Gasteiger charge is -2.34. The molecule has 1 aliphatic rings. The number of hydrogen-bond donors (Lipinski definition) is 1. The van der Waals surface area contributed by atoms with E-state index in [1.807, 2.05) is 52.7 Å². The minimum absolute atomic E-state index is 0.0125. The SMILES string of the molecule is CC(=O)N1CCN(CC(=O)NC(c2ccccc2)c2cccs2)CC1. The van der Waals surface area contributed by atoms with Crippen molar-refractivity contribution in [2.75, 3.05) is 32.7 Å². The van der Waals surface area contributed by atoms with Gasteiger partial charge in [0.15, 0.2) is 0 Å². The normalized spacial score (nSPS) is 16.4. The first-order chi connectivity index (χ1) is 12.1. The Morgan fingerprint density at radius 3 is 2.40 bits per heavy atom. The molecule has 6 heteroatoms. The molecule has 0 bridgehead atoms. The van der Waals surface area contributed by atoms with Gasteiger partial charge in [-0.05, 0) is 17.0 Å². The Morgan fingerprint density at radius 1 is 1.08 bits per heavy atom. The van der Waals surface area contributed by atoms with Crippen molar-refractivity contribution in [3.05, 3.63) is 58.3 Å². The topological polar surface area (TPSA) is 52.7 Å². The molecule has 3 rings (SSSR count). The third-order valence-electron chi connectivity index (χ3n) is 4.45. The van der Waals surface area contributed by atoms with Crippen molar-refractivity contribution in [2.45, 2.75) is 13.0 Å². The smallest absolute Gasteiger partial charge is 0.234 e. The van der Waals surface area contributed by atoms with E-state index in [-0.39, 0.29) is 17.9 Å². The Kier molecular flexibility index (Phi) is 5.83. The van der Waals surface area contributed by atoms with Crippen molar-refractivity contribution < 1.29 is 9.59 Å². The van der Waals surface area contributed by atoms with Gasteiger partial charge in [-0.15, -0.1) is 11.3 Å². The van der Waals surface area contributed by atoms with E-state index in [2.05, 4.69) is 10.2 Å². The number of rotatable bonds is 5. The highest BCUT2D eigenvalue weighted by atomic mass is 32.1. The minimum Gasteiger partial charge on any atom is -0.343 e. The van der Waals surface area contributed by atoms with Crippen molar-refractivity contribution in [3.8, 4) is 0 Å². The third kappa shape index (κ3) is 4.67. The van der Waals surface area contributed by atoms with Gasteiger partial charge in [0, 0.05) is 38.0 Å². The Hall–Kier alpha value is -2.18. The quantitative estimate of drug-likeness (QED) is 0.892. The number of benzene rings is 1. The number of thiophene rings is 1. The number of carbonyl (C=O) groups is 2. The highest BCUT2D eigenvalue weighted by Crippen LogP contribution is 2.25. The van der Waals surface area contributed by atoms with Crippen LogP contribution >= 0.6 is 11.3 Å². The molecule has 1 saturated heterocycles. The van der Waals surface area contributed by atoms with Gasteiger partial charge in [0.25, 0.3) is 0 Å². The van der Waals surface area contributed by atoms with Crippen LogP contribution in [-0.2, 0) is 9.59 Å². The Bertz CT molecular complexity index is 695. The van der Waals surface area contributed by atoms with Crippen LogP contribution in [0.5, 0.6) is 0 Å². The van der Waals surface area contributed by atoms with Crippen molar-refractivity contribution in [1.82, 2.24) is 15.1 Å². The molecule has 1 aromatic carbocycles. The predicted molar refractivity (Wildman–Crippen MR) is 99.4 cm³/mol. The summed E-state index contributed by atoms with van der Waals surface area (Å²) in [6, 6.07) is 14.0. The maximum Gasteiger partial charge on any atom is 0.234 e. The van der Waals surface area contributed by atoms with Gasteiger partial charge in [-0.2, -0.15) is 0 Å². The Morgan fingerprint density at radius 2 is 1.80 bits per heavy atom. The fourth-order valence-corrected chi connectivity index (χ4v) is 3.85. The fourth-order valence-electron chi connectivity index (χ4n) is 3.05. The number of nitrogens with one attached hydrogen (secondary N) is 1. The van der Waals surface area contributed by atoms with Crippen LogP contribution < -0.4 is 5.32 Å². The average molecular weight is 357 g/mol. The van der Waals surface area contributed by atoms with Crippen LogP contribution in [0.25, 0.3) is 0 Å². The zero-order valence-corrected chi connectivity index (χ0v) is 15.2. The molecule has 2 amide bonds. The van der Waals surface area contributed by atoms with Gasteiger partial charge in [-0.25, -0.2) is 0 Å². The van der Waals surface area contributed by atoms with Crippen molar-refractivity contribution in [3.63, 3.8) is 0 Å². The fraction of sp³-hybridized carbons (Fsp3) is 0.368. The van der Waals surface area contributed by atoms with Crippen LogP contribution in [0.3, 0.4) is 0 Å². The molecule has 5 nitrogen and oxygen atoms in total. The molecule has 1 fully saturated rings. The third-order valence-corrected chi connectivity index (χ3v) is 5.39. The van der Waals surface area contributed by atoms with E-state index in [9.17, 15) is 9.59 Å². The maximum absolute atomic E-state index is 12.6. The van der Waals surface area contributed by atoms with Gasteiger partial charge >= 0.3 is 0 Å². The van der Waals surface area contributed by atoms with Gasteiger partial charge in [-0.3, -0.25) is 14.5 Å². The second kappa shape index (κ2) is 8.27. The zero-order valence-electron chi connectivity index (χ0n) is 14.4. The maximum atomic E-state index is 12.6. The number of nitrogens with zero attached hydrogens (tertiary/aromatic N) is 2. The number of carbonyl (C=O) groups excluding carboxylic acids is 2. The lowest BCUT2D eigenvalue weighted by molar-refractivity contribution is -0.131. The van der Waals surface area contributed by atoms with Crippen LogP contribution in [0, 0.1) is 0 Å². The molecule has 0 spiro atoms. The second-order valence-electron chi connectivity index (χ2n) is 6.21. The molecule has 132 valence electrons. The van der Waals surface area contributed by atoms with Gasteiger partial charge in [0.2, 0.25) is 11.8 Å². The van der Waals surface area contributed by atoms with Crippen molar-refractivity contribution in [1.29, 1.82) is 0 Å². The van der Waals surface area contributed by atoms with Crippen LogP contribution in [0.15, 0.2) is 47.8 Å². The summed E-state index contributed by atoms with van der Waals surface area (Å²) in [6.07, 6.45) is 0. The summed E-state index contributed by atoms with van der Waals surface area (Å²) in [4.78, 5) is 29.0. The zero-order chi connectivity index (χ0) is 17.6. The minimum atomic E-state index is -0.118. The summed E-state index contributed by atoms with van der Waals surface area (Å²) < 4.78 is 0. The molecule has 0 aliphatic carbocycles. The first-order valence-corrected chi connectivity index (χ1v) is 9.37. The molecule has 1 atom stereocenters. The largest absolute Gasteiger partial charge is 0.343 e. The van der Waals surface area contributed by atoms with Crippen molar-refractivity contribution >= 4 is 23.2 Å². The van der Waals surface area contributed by atoms with E-state index in [0.29, 0.717) is 19.6 Å². The van der Waals surface area contributed by atoms with Gasteiger partial charge in [0.1, 0.15) is 0 Å². The molecule has 1 aromatic heterocycles. The highest BCUT2D eigenvalue weighted by Gasteiger charge is 2.22. The van der Waals surface area contributed by atoms with E-state index >= 15 is 0 Å². The monoisotopic (exact) mass is 357 g/mol. The van der Waals surface area contributed by atoms with E-state index < -0.39 is 0 Å². The molecular weight excluding hydrogens is 334 g/mol. The molecule has 1 aliphatic heterocycles. The van der Waals surface area contributed by atoms with Gasteiger partial charge in [0.05, 0.1) is 12.6 Å². The standard InChI is InChI=1S/C19H23N3O2S/c1-15(23)22-11-9-21(10-12-22)14-18(24)20-19(17-8-5-13-25-17)16-6-3-2-4-7-16/h2-8,13,19H,9-12,14H2,1H3,(H,20,24). The summed E-state index contributed by atoms with van der Waals surface area (Å²) in [5, 5.41) is 5.19. The van der Waals surface area contributed by atoms with Gasteiger partial charge < -0.3 is 10.2 Å². The summed E-state index contributed by atoms with van der Waals surface area (Å²) >= 11 is 1.64. The second-order valence-corrected chi connectivity index (χ2v) is 7.19. The summed E-state index contributed by atoms with van der Waals surface area (Å²) in [6.45, 7) is 4.81.